The number of rotatable bonds is 8. The Morgan fingerprint density at radius 1 is 1.21 bits per heavy atom. The van der Waals surface area contributed by atoms with Crippen LogP contribution in [0, 0.1) is 5.82 Å². The number of nitrogens with one attached hydrogen (secondary N) is 2. The zero-order valence-corrected chi connectivity index (χ0v) is 17.4. The molecule has 0 atom stereocenters. The lowest BCUT2D eigenvalue weighted by molar-refractivity contribution is 0.600. The Kier molecular flexibility index (Phi) is 8.19. The Balaban J connectivity index is 2.05. The molecule has 0 aliphatic carbocycles. The van der Waals surface area contributed by atoms with Crippen molar-refractivity contribution < 1.29 is 12.8 Å². The molecule has 6 nitrogen and oxygen atoms in total. The molecule has 0 radical (unpaired) electrons. The number of guanidine groups is 1. The maximum atomic E-state index is 13.6. The molecule has 9 heteroatoms. The second kappa shape index (κ2) is 10.4. The number of benzene rings is 1. The highest BCUT2D eigenvalue weighted by Gasteiger charge is 2.11. The first-order valence-electron chi connectivity index (χ1n) is 8.84. The maximum absolute atomic E-state index is 13.6. The van der Waals surface area contributed by atoms with Gasteiger partial charge in [-0.1, -0.05) is 23.7 Å². The number of pyridine rings is 1. The Bertz CT molecular complexity index is 918. The van der Waals surface area contributed by atoms with Gasteiger partial charge in [0.25, 0.3) is 0 Å². The number of hydrogen-bond acceptors (Lipinski definition) is 4. The summed E-state index contributed by atoms with van der Waals surface area (Å²) in [6.07, 6.45) is 3.60. The smallest absolute Gasteiger partial charge is 0.191 e. The van der Waals surface area contributed by atoms with Crippen molar-refractivity contribution in [2.75, 3.05) is 19.3 Å². The molecule has 1 heterocycles. The van der Waals surface area contributed by atoms with Gasteiger partial charge < -0.3 is 10.6 Å². The van der Waals surface area contributed by atoms with E-state index in [1.165, 1.54) is 18.2 Å². The third-order valence-corrected chi connectivity index (χ3v) is 4.89. The number of nitrogens with zero attached hydrogens (tertiary/aromatic N) is 2. The summed E-state index contributed by atoms with van der Waals surface area (Å²) in [4.78, 5) is 8.50. The molecule has 0 unspecified atom stereocenters. The molecule has 0 amide bonds. The normalized spacial score (nSPS) is 12.1. The average Bonchev–Trinajstić information content (AvgIpc) is 2.62. The zero-order chi connectivity index (χ0) is 20.6. The molecule has 0 saturated heterocycles. The molecule has 0 aliphatic heterocycles. The van der Waals surface area contributed by atoms with Crippen LogP contribution >= 0.6 is 11.6 Å². The largest absolute Gasteiger partial charge is 0.357 e. The topological polar surface area (TPSA) is 83.5 Å². The summed E-state index contributed by atoms with van der Waals surface area (Å²) in [5, 5.41) is 6.77. The van der Waals surface area contributed by atoms with Crippen LogP contribution < -0.4 is 10.6 Å². The lowest BCUT2D eigenvalue weighted by Gasteiger charge is -2.12. The predicted molar refractivity (Wildman–Crippen MR) is 111 cm³/mol. The first-order chi connectivity index (χ1) is 13.3. The second-order valence-corrected chi connectivity index (χ2v) is 8.87. The van der Waals surface area contributed by atoms with Crippen LogP contribution in [0.25, 0.3) is 0 Å². The summed E-state index contributed by atoms with van der Waals surface area (Å²) < 4.78 is 36.8. The van der Waals surface area contributed by atoms with E-state index < -0.39 is 15.7 Å². The predicted octanol–water partition coefficient (Wildman–Crippen LogP) is 2.72. The molecule has 0 bridgehead atoms. The number of aromatic nitrogens is 1. The summed E-state index contributed by atoms with van der Waals surface area (Å²) in [6, 6.07) is 7.73. The molecule has 28 heavy (non-hydrogen) atoms. The molecule has 0 saturated carbocycles. The Morgan fingerprint density at radius 3 is 2.64 bits per heavy atom. The van der Waals surface area contributed by atoms with Crippen molar-refractivity contribution >= 4 is 27.4 Å². The molecule has 152 valence electrons. The van der Waals surface area contributed by atoms with Crippen molar-refractivity contribution in [1.29, 1.82) is 0 Å². The first kappa shape index (κ1) is 22.1. The fourth-order valence-electron chi connectivity index (χ4n) is 2.55. The summed E-state index contributed by atoms with van der Waals surface area (Å²) in [7, 11) is -3.23. The van der Waals surface area contributed by atoms with Crippen LogP contribution in [0.3, 0.4) is 0 Å². The quantitative estimate of drug-likeness (QED) is 0.385. The van der Waals surface area contributed by atoms with E-state index in [1.807, 2.05) is 13.0 Å². The van der Waals surface area contributed by atoms with Gasteiger partial charge in [0.15, 0.2) is 15.8 Å². The second-order valence-electron chi connectivity index (χ2n) is 6.34. The van der Waals surface area contributed by atoms with E-state index in [4.69, 9.17) is 11.6 Å². The summed E-state index contributed by atoms with van der Waals surface area (Å²) >= 11 is 5.78. The van der Waals surface area contributed by atoms with E-state index >= 15 is 0 Å². The molecular weight excluding hydrogens is 403 g/mol. The number of hydrogen-bond donors (Lipinski definition) is 2. The molecule has 2 N–H and O–H groups in total. The van der Waals surface area contributed by atoms with Crippen LogP contribution in [0.1, 0.15) is 23.6 Å². The van der Waals surface area contributed by atoms with Gasteiger partial charge in [-0.25, -0.2) is 22.8 Å². The van der Waals surface area contributed by atoms with E-state index in [0.29, 0.717) is 35.3 Å². The van der Waals surface area contributed by atoms with Gasteiger partial charge in [0, 0.05) is 25.5 Å². The number of halogens is 2. The van der Waals surface area contributed by atoms with Gasteiger partial charge in [-0.05, 0) is 48.2 Å². The van der Waals surface area contributed by atoms with Gasteiger partial charge >= 0.3 is 0 Å². The summed E-state index contributed by atoms with van der Waals surface area (Å²) in [5.74, 6) is 0.000659. The van der Waals surface area contributed by atoms with E-state index in [-0.39, 0.29) is 12.3 Å². The van der Waals surface area contributed by atoms with Crippen molar-refractivity contribution in [3.05, 3.63) is 64.2 Å². The highest BCUT2D eigenvalue weighted by Crippen LogP contribution is 2.15. The van der Waals surface area contributed by atoms with E-state index in [0.717, 1.165) is 18.2 Å². The molecule has 0 aliphatic rings. The van der Waals surface area contributed by atoms with Crippen molar-refractivity contribution in [3.63, 3.8) is 0 Å². The Morgan fingerprint density at radius 2 is 2.00 bits per heavy atom. The molecule has 1 aromatic carbocycles. The Hall–Kier alpha value is -2.19. The number of aliphatic imine (C=N–C) groups is 1. The van der Waals surface area contributed by atoms with E-state index in [1.54, 1.807) is 12.3 Å². The van der Waals surface area contributed by atoms with Crippen molar-refractivity contribution in [3.8, 4) is 0 Å². The zero-order valence-electron chi connectivity index (χ0n) is 15.9. The van der Waals surface area contributed by atoms with Crippen LogP contribution in [-0.2, 0) is 28.6 Å². The fraction of sp³-hybridized carbons (Fsp3) is 0.368. The van der Waals surface area contributed by atoms with Crippen LogP contribution in [0.15, 0.2) is 41.5 Å². The van der Waals surface area contributed by atoms with Gasteiger partial charge in [0.1, 0.15) is 11.0 Å². The minimum absolute atomic E-state index is 0.147. The lowest BCUT2D eigenvalue weighted by atomic mass is 10.1. The van der Waals surface area contributed by atoms with Gasteiger partial charge in [-0.15, -0.1) is 0 Å². The lowest BCUT2D eigenvalue weighted by Crippen LogP contribution is -2.38. The van der Waals surface area contributed by atoms with Gasteiger partial charge in [-0.3, -0.25) is 0 Å². The molecule has 2 aromatic rings. The van der Waals surface area contributed by atoms with E-state index in [2.05, 4.69) is 20.6 Å². The third kappa shape index (κ3) is 7.82. The maximum Gasteiger partial charge on any atom is 0.191 e. The SMILES string of the molecule is CCNC(=NCc1cc(F)ccc1CS(C)(=O)=O)NCCc1ccc(Cl)nc1. The average molecular weight is 427 g/mol. The van der Waals surface area contributed by atoms with Crippen molar-refractivity contribution in [1.82, 2.24) is 15.6 Å². The molecule has 0 fully saturated rings. The van der Waals surface area contributed by atoms with Crippen LogP contribution in [0.5, 0.6) is 0 Å². The highest BCUT2D eigenvalue weighted by atomic mass is 35.5. The molecule has 2 rings (SSSR count). The van der Waals surface area contributed by atoms with Gasteiger partial charge in [0.2, 0.25) is 0 Å². The minimum atomic E-state index is -3.23. The van der Waals surface area contributed by atoms with Crippen molar-refractivity contribution in [2.45, 2.75) is 25.6 Å². The Labute approximate surface area is 170 Å². The monoisotopic (exact) mass is 426 g/mol. The van der Waals surface area contributed by atoms with Crippen LogP contribution in [-0.4, -0.2) is 38.7 Å². The standard InChI is InChI=1S/C19H24ClFN4O2S/c1-3-22-19(23-9-8-14-4-7-18(20)24-11-14)25-12-16-10-17(21)6-5-15(16)13-28(2,26)27/h4-7,10-11H,3,8-9,12-13H2,1-2H3,(H2,22,23,25). The highest BCUT2D eigenvalue weighted by molar-refractivity contribution is 7.89. The first-order valence-corrected chi connectivity index (χ1v) is 11.3. The van der Waals surface area contributed by atoms with Gasteiger partial charge in [-0.2, -0.15) is 0 Å². The van der Waals surface area contributed by atoms with E-state index in [9.17, 15) is 12.8 Å². The molecular formula is C19H24ClFN4O2S. The minimum Gasteiger partial charge on any atom is -0.357 e. The van der Waals surface area contributed by atoms with Crippen LogP contribution in [0.2, 0.25) is 5.15 Å². The van der Waals surface area contributed by atoms with Crippen LogP contribution in [0.4, 0.5) is 4.39 Å². The van der Waals surface area contributed by atoms with Crippen molar-refractivity contribution in [2.24, 2.45) is 4.99 Å². The third-order valence-electron chi connectivity index (χ3n) is 3.83. The summed E-state index contributed by atoms with van der Waals surface area (Å²) in [5.41, 5.74) is 2.13. The summed E-state index contributed by atoms with van der Waals surface area (Å²) in [6.45, 7) is 3.39. The molecule has 1 aromatic heterocycles. The fourth-order valence-corrected chi connectivity index (χ4v) is 3.51. The number of sulfone groups is 1. The molecule has 0 spiro atoms. The van der Waals surface area contributed by atoms with Gasteiger partial charge in [0.05, 0.1) is 12.3 Å².